The molecule has 2 saturated heterocycles. The Morgan fingerprint density at radius 3 is 2.36 bits per heavy atom. The van der Waals surface area contributed by atoms with Crippen molar-refractivity contribution in [3.63, 3.8) is 0 Å². The SMILES string of the molecule is Cl.Nc1cc(F)ccc1C(=O)NCCN1CCC2(CC1)C(=O)NCN2c1ccc(F)cc1.O. The smallest absolute Gasteiger partial charge is 0.253 e. The van der Waals surface area contributed by atoms with E-state index in [1.807, 2.05) is 4.90 Å². The fourth-order valence-corrected chi connectivity index (χ4v) is 4.36. The quantitative estimate of drug-likeness (QED) is 0.553. The van der Waals surface area contributed by atoms with Crippen LogP contribution in [-0.2, 0) is 4.79 Å². The summed E-state index contributed by atoms with van der Waals surface area (Å²) in [5, 5.41) is 5.73. The van der Waals surface area contributed by atoms with Crippen LogP contribution in [0.2, 0.25) is 0 Å². The molecular formula is C22H28ClF2N5O3. The van der Waals surface area contributed by atoms with E-state index < -0.39 is 11.4 Å². The summed E-state index contributed by atoms with van der Waals surface area (Å²) < 4.78 is 26.4. The Balaban J connectivity index is 0.00000193. The number of amides is 2. The zero-order valence-corrected chi connectivity index (χ0v) is 18.8. The second-order valence-electron chi connectivity index (χ2n) is 7.93. The maximum Gasteiger partial charge on any atom is 0.253 e. The van der Waals surface area contributed by atoms with Gasteiger partial charge in [0, 0.05) is 37.6 Å². The molecule has 0 bridgehead atoms. The number of benzene rings is 2. The lowest BCUT2D eigenvalue weighted by Gasteiger charge is -2.43. The van der Waals surface area contributed by atoms with Crippen LogP contribution in [0.4, 0.5) is 20.2 Å². The third kappa shape index (κ3) is 5.35. The Kier molecular flexibility index (Phi) is 8.59. The van der Waals surface area contributed by atoms with E-state index in [0.29, 0.717) is 45.7 Å². The standard InChI is InChI=1S/C22H25F2N5O2.ClH.H2O/c23-15-1-4-17(5-2-15)29-14-27-21(31)22(29)7-10-28(11-8-22)12-9-26-20(30)18-6-3-16(24)13-19(18)25;;/h1-6,13H,7-12,14,25H2,(H,26,30)(H,27,31);1H;1H2. The van der Waals surface area contributed by atoms with Crippen molar-refractivity contribution in [1.82, 2.24) is 15.5 Å². The molecule has 0 atom stereocenters. The number of hydrogen-bond donors (Lipinski definition) is 3. The lowest BCUT2D eigenvalue weighted by molar-refractivity contribution is -0.125. The van der Waals surface area contributed by atoms with E-state index in [0.717, 1.165) is 11.8 Å². The van der Waals surface area contributed by atoms with Gasteiger partial charge in [-0.2, -0.15) is 0 Å². The summed E-state index contributed by atoms with van der Waals surface area (Å²) in [4.78, 5) is 29.2. The van der Waals surface area contributed by atoms with Gasteiger partial charge in [0.15, 0.2) is 0 Å². The zero-order chi connectivity index (χ0) is 22.0. The topological polar surface area (TPSA) is 122 Å². The first-order valence-corrected chi connectivity index (χ1v) is 10.3. The van der Waals surface area contributed by atoms with Gasteiger partial charge in [-0.1, -0.05) is 0 Å². The molecule has 11 heteroatoms. The van der Waals surface area contributed by atoms with Gasteiger partial charge in [0.25, 0.3) is 5.91 Å². The van der Waals surface area contributed by atoms with Crippen molar-refractivity contribution >= 4 is 35.6 Å². The third-order valence-corrected chi connectivity index (χ3v) is 6.13. The number of halogens is 3. The number of nitrogens with one attached hydrogen (secondary N) is 2. The summed E-state index contributed by atoms with van der Waals surface area (Å²) in [6, 6.07) is 9.89. The van der Waals surface area contributed by atoms with Crippen LogP contribution in [0.3, 0.4) is 0 Å². The molecule has 2 aliphatic rings. The molecule has 2 aromatic rings. The van der Waals surface area contributed by atoms with Gasteiger partial charge in [-0.15, -0.1) is 12.4 Å². The van der Waals surface area contributed by atoms with Crippen molar-refractivity contribution in [1.29, 1.82) is 0 Å². The molecular weight excluding hydrogens is 456 g/mol. The van der Waals surface area contributed by atoms with Gasteiger partial charge < -0.3 is 31.6 Å². The summed E-state index contributed by atoms with van der Waals surface area (Å²) in [5.74, 6) is -1.14. The largest absolute Gasteiger partial charge is 0.412 e. The first kappa shape index (κ1) is 26.3. The second-order valence-corrected chi connectivity index (χ2v) is 7.93. The minimum Gasteiger partial charge on any atom is -0.412 e. The molecule has 8 nitrogen and oxygen atoms in total. The van der Waals surface area contributed by atoms with E-state index >= 15 is 0 Å². The van der Waals surface area contributed by atoms with Crippen molar-refractivity contribution in [2.45, 2.75) is 18.4 Å². The maximum absolute atomic E-state index is 13.3. The lowest BCUT2D eigenvalue weighted by Crippen LogP contribution is -2.57. The Morgan fingerprint density at radius 2 is 1.73 bits per heavy atom. The van der Waals surface area contributed by atoms with Crippen molar-refractivity contribution in [3.8, 4) is 0 Å². The van der Waals surface area contributed by atoms with Gasteiger partial charge >= 0.3 is 0 Å². The van der Waals surface area contributed by atoms with Gasteiger partial charge in [0.05, 0.1) is 12.2 Å². The van der Waals surface area contributed by atoms with Crippen LogP contribution >= 0.6 is 12.4 Å². The Bertz CT molecular complexity index is 984. The number of hydrogen-bond acceptors (Lipinski definition) is 5. The molecule has 180 valence electrons. The number of nitrogens with zero attached hydrogens (tertiary/aromatic N) is 2. The molecule has 0 saturated carbocycles. The molecule has 2 aromatic carbocycles. The summed E-state index contributed by atoms with van der Waals surface area (Å²) >= 11 is 0. The average Bonchev–Trinajstić information content (AvgIpc) is 3.06. The highest BCUT2D eigenvalue weighted by atomic mass is 35.5. The average molecular weight is 484 g/mol. The van der Waals surface area contributed by atoms with E-state index in [1.165, 1.54) is 24.3 Å². The third-order valence-electron chi connectivity index (χ3n) is 6.13. The molecule has 0 aliphatic carbocycles. The first-order valence-electron chi connectivity index (χ1n) is 10.3. The maximum atomic E-state index is 13.3. The Labute approximate surface area is 196 Å². The van der Waals surface area contributed by atoms with Crippen LogP contribution in [0.15, 0.2) is 42.5 Å². The highest BCUT2D eigenvalue weighted by molar-refractivity contribution is 5.99. The predicted octanol–water partition coefficient (Wildman–Crippen LogP) is 1.30. The molecule has 0 unspecified atom stereocenters. The number of rotatable bonds is 5. The van der Waals surface area contributed by atoms with Crippen molar-refractivity contribution in [2.75, 3.05) is 43.5 Å². The van der Waals surface area contributed by atoms with E-state index in [1.54, 1.807) is 12.1 Å². The van der Waals surface area contributed by atoms with Gasteiger partial charge in [-0.25, -0.2) is 8.78 Å². The number of likely N-dealkylation sites (tertiary alicyclic amines) is 1. The summed E-state index contributed by atoms with van der Waals surface area (Å²) in [6.45, 7) is 2.83. The molecule has 6 N–H and O–H groups in total. The molecule has 4 rings (SSSR count). The molecule has 0 radical (unpaired) electrons. The minimum absolute atomic E-state index is 0. The molecule has 33 heavy (non-hydrogen) atoms. The zero-order valence-electron chi connectivity index (χ0n) is 17.9. The normalized spacial score (nSPS) is 17.2. The van der Waals surface area contributed by atoms with Gasteiger partial charge in [-0.3, -0.25) is 9.59 Å². The van der Waals surface area contributed by atoms with Crippen molar-refractivity contribution in [2.24, 2.45) is 0 Å². The fourth-order valence-electron chi connectivity index (χ4n) is 4.36. The van der Waals surface area contributed by atoms with Crippen LogP contribution in [0, 0.1) is 11.6 Å². The summed E-state index contributed by atoms with van der Waals surface area (Å²) in [6.07, 6.45) is 1.27. The highest BCUT2D eigenvalue weighted by Crippen LogP contribution is 2.36. The fraction of sp³-hybridized carbons (Fsp3) is 0.364. The molecule has 2 heterocycles. The Hall–Kier alpha value is -2.95. The van der Waals surface area contributed by atoms with E-state index in [4.69, 9.17) is 5.73 Å². The van der Waals surface area contributed by atoms with E-state index in [9.17, 15) is 18.4 Å². The van der Waals surface area contributed by atoms with Crippen LogP contribution in [0.25, 0.3) is 0 Å². The number of carbonyl (C=O) groups excluding carboxylic acids is 2. The number of nitrogen functional groups attached to an aromatic ring is 1. The number of piperidine rings is 1. The van der Waals surface area contributed by atoms with Crippen molar-refractivity contribution in [3.05, 3.63) is 59.7 Å². The molecule has 1 spiro atoms. The molecule has 2 aliphatic heterocycles. The van der Waals surface area contributed by atoms with Crippen LogP contribution in [-0.4, -0.2) is 60.6 Å². The van der Waals surface area contributed by atoms with E-state index in [-0.39, 0.29) is 46.8 Å². The van der Waals surface area contributed by atoms with Crippen LogP contribution < -0.4 is 21.3 Å². The van der Waals surface area contributed by atoms with Gasteiger partial charge in [-0.05, 0) is 55.3 Å². The number of carbonyl (C=O) groups is 2. The highest BCUT2D eigenvalue weighted by Gasteiger charge is 2.50. The lowest BCUT2D eigenvalue weighted by atomic mass is 9.85. The van der Waals surface area contributed by atoms with Crippen LogP contribution in [0.1, 0.15) is 23.2 Å². The number of nitrogens with two attached hydrogens (primary N) is 1. The van der Waals surface area contributed by atoms with Gasteiger partial charge in [0.1, 0.15) is 17.2 Å². The van der Waals surface area contributed by atoms with E-state index in [2.05, 4.69) is 15.5 Å². The molecule has 0 aromatic heterocycles. The number of anilines is 2. The molecule has 2 amide bonds. The molecule has 2 fully saturated rings. The summed E-state index contributed by atoms with van der Waals surface area (Å²) in [7, 11) is 0. The first-order chi connectivity index (χ1) is 14.9. The Morgan fingerprint density at radius 1 is 1.09 bits per heavy atom. The van der Waals surface area contributed by atoms with Crippen LogP contribution in [0.5, 0.6) is 0 Å². The monoisotopic (exact) mass is 483 g/mol. The summed E-state index contributed by atoms with van der Waals surface area (Å²) in [5.41, 5.74) is 6.24. The minimum atomic E-state index is -0.639. The second kappa shape index (κ2) is 10.8. The predicted molar refractivity (Wildman–Crippen MR) is 124 cm³/mol. The van der Waals surface area contributed by atoms with Gasteiger partial charge in [0.2, 0.25) is 5.91 Å². The van der Waals surface area contributed by atoms with Crippen molar-refractivity contribution < 1.29 is 23.8 Å².